The van der Waals surface area contributed by atoms with E-state index in [4.69, 9.17) is 4.74 Å². The Kier molecular flexibility index (Phi) is 4.09. The van der Waals surface area contributed by atoms with Crippen LogP contribution in [0.1, 0.15) is 31.4 Å². The van der Waals surface area contributed by atoms with Gasteiger partial charge in [0.2, 0.25) is 5.91 Å². The molecule has 1 aromatic rings. The second-order valence-corrected chi connectivity index (χ2v) is 4.23. The van der Waals surface area contributed by atoms with Crippen LogP contribution in [0.25, 0.3) is 0 Å². The van der Waals surface area contributed by atoms with Gasteiger partial charge < -0.3 is 9.64 Å². The van der Waals surface area contributed by atoms with Crippen LogP contribution in [0.4, 0.5) is 0 Å². The Hall–Kier alpha value is -1.42. The Morgan fingerprint density at radius 2 is 2.29 bits per heavy atom. The van der Waals surface area contributed by atoms with Crippen molar-refractivity contribution in [3.8, 4) is 0 Å². The summed E-state index contributed by atoms with van der Waals surface area (Å²) in [4.78, 5) is 17.7. The van der Waals surface area contributed by atoms with Gasteiger partial charge in [0.25, 0.3) is 0 Å². The Labute approximate surface area is 102 Å². The van der Waals surface area contributed by atoms with Gasteiger partial charge in [-0.2, -0.15) is 0 Å². The van der Waals surface area contributed by atoms with Crippen molar-refractivity contribution in [3.63, 3.8) is 0 Å². The Morgan fingerprint density at radius 3 is 3.00 bits per heavy atom. The van der Waals surface area contributed by atoms with E-state index in [0.29, 0.717) is 26.1 Å². The molecule has 0 bridgehead atoms. The van der Waals surface area contributed by atoms with Gasteiger partial charge in [-0.05, 0) is 24.1 Å². The molecular formula is C13H18N2O2. The summed E-state index contributed by atoms with van der Waals surface area (Å²) in [5, 5.41) is 0. The number of amides is 1. The second-order valence-electron chi connectivity index (χ2n) is 4.23. The van der Waals surface area contributed by atoms with Crippen LogP contribution in [0.2, 0.25) is 0 Å². The van der Waals surface area contributed by atoms with Gasteiger partial charge in [0.1, 0.15) is 6.10 Å². The van der Waals surface area contributed by atoms with Crippen molar-refractivity contribution in [2.45, 2.75) is 25.9 Å². The van der Waals surface area contributed by atoms with Crippen LogP contribution in [0, 0.1) is 0 Å². The van der Waals surface area contributed by atoms with Crippen molar-refractivity contribution in [1.82, 2.24) is 9.88 Å². The highest BCUT2D eigenvalue weighted by atomic mass is 16.5. The third-order valence-corrected chi connectivity index (χ3v) is 2.96. The molecule has 0 spiro atoms. The topological polar surface area (TPSA) is 42.4 Å². The van der Waals surface area contributed by atoms with E-state index in [1.807, 2.05) is 24.0 Å². The van der Waals surface area contributed by atoms with Crippen molar-refractivity contribution in [2.75, 3.05) is 19.7 Å². The Balaban J connectivity index is 2.00. The zero-order chi connectivity index (χ0) is 12.1. The van der Waals surface area contributed by atoms with Gasteiger partial charge in [-0.15, -0.1) is 0 Å². The fourth-order valence-electron chi connectivity index (χ4n) is 2.03. The summed E-state index contributed by atoms with van der Waals surface area (Å²) >= 11 is 0. The molecule has 0 aliphatic carbocycles. The van der Waals surface area contributed by atoms with Gasteiger partial charge in [0.15, 0.2) is 0 Å². The average molecular weight is 234 g/mol. The van der Waals surface area contributed by atoms with Crippen LogP contribution < -0.4 is 0 Å². The van der Waals surface area contributed by atoms with E-state index in [0.717, 1.165) is 12.0 Å². The van der Waals surface area contributed by atoms with Crippen molar-refractivity contribution in [1.29, 1.82) is 0 Å². The minimum Gasteiger partial charge on any atom is -0.370 e. The molecule has 1 aliphatic heterocycles. The molecule has 1 atom stereocenters. The van der Waals surface area contributed by atoms with Crippen LogP contribution in [-0.2, 0) is 9.53 Å². The number of carbonyl (C=O) groups is 1. The first kappa shape index (κ1) is 12.0. The summed E-state index contributed by atoms with van der Waals surface area (Å²) in [5.74, 6) is 0.231. The van der Waals surface area contributed by atoms with E-state index in [1.165, 1.54) is 0 Å². The quantitative estimate of drug-likeness (QED) is 0.800. The summed E-state index contributed by atoms with van der Waals surface area (Å²) in [6.45, 7) is 4.00. The predicted molar refractivity (Wildman–Crippen MR) is 64.4 cm³/mol. The molecule has 1 aromatic heterocycles. The third-order valence-electron chi connectivity index (χ3n) is 2.96. The molecule has 2 heterocycles. The summed E-state index contributed by atoms with van der Waals surface area (Å²) < 4.78 is 5.70. The molecule has 2 rings (SSSR count). The number of ether oxygens (including phenoxy) is 1. The van der Waals surface area contributed by atoms with Gasteiger partial charge in [0, 0.05) is 25.4 Å². The van der Waals surface area contributed by atoms with E-state index < -0.39 is 0 Å². The highest BCUT2D eigenvalue weighted by Gasteiger charge is 2.24. The summed E-state index contributed by atoms with van der Waals surface area (Å²) in [5.41, 5.74) is 1.09. The lowest BCUT2D eigenvalue weighted by Gasteiger charge is -2.33. The highest BCUT2D eigenvalue weighted by Crippen LogP contribution is 2.21. The molecule has 0 radical (unpaired) electrons. The molecule has 17 heavy (non-hydrogen) atoms. The van der Waals surface area contributed by atoms with Gasteiger partial charge in [-0.1, -0.05) is 6.92 Å². The van der Waals surface area contributed by atoms with E-state index in [-0.39, 0.29) is 12.0 Å². The Bertz CT molecular complexity index is 367. The zero-order valence-electron chi connectivity index (χ0n) is 10.1. The van der Waals surface area contributed by atoms with Crippen molar-refractivity contribution in [2.24, 2.45) is 0 Å². The minimum absolute atomic E-state index is 0.00689. The smallest absolute Gasteiger partial charge is 0.222 e. The van der Waals surface area contributed by atoms with E-state index in [2.05, 4.69) is 4.98 Å². The first-order chi connectivity index (χ1) is 8.31. The number of carbonyl (C=O) groups excluding carboxylic acids is 1. The van der Waals surface area contributed by atoms with Crippen molar-refractivity contribution < 1.29 is 9.53 Å². The normalized spacial score (nSPS) is 20.3. The average Bonchev–Trinajstić information content (AvgIpc) is 2.40. The zero-order valence-corrected chi connectivity index (χ0v) is 10.1. The lowest BCUT2D eigenvalue weighted by Crippen LogP contribution is -2.42. The maximum atomic E-state index is 11.8. The first-order valence-electron chi connectivity index (χ1n) is 6.10. The molecule has 1 aliphatic rings. The maximum Gasteiger partial charge on any atom is 0.222 e. The molecule has 1 fully saturated rings. The van der Waals surface area contributed by atoms with Crippen LogP contribution in [0.15, 0.2) is 24.5 Å². The number of pyridine rings is 1. The van der Waals surface area contributed by atoms with Crippen LogP contribution in [0.3, 0.4) is 0 Å². The molecule has 4 heteroatoms. The van der Waals surface area contributed by atoms with Crippen molar-refractivity contribution >= 4 is 5.91 Å². The third kappa shape index (κ3) is 3.03. The van der Waals surface area contributed by atoms with Gasteiger partial charge >= 0.3 is 0 Å². The maximum absolute atomic E-state index is 11.8. The van der Waals surface area contributed by atoms with E-state index in [1.54, 1.807) is 12.4 Å². The lowest BCUT2D eigenvalue weighted by molar-refractivity contribution is -0.139. The molecule has 92 valence electrons. The van der Waals surface area contributed by atoms with E-state index >= 15 is 0 Å². The van der Waals surface area contributed by atoms with Crippen LogP contribution >= 0.6 is 0 Å². The standard InChI is InChI=1S/C13H18N2O2/c1-2-3-13(16)15-8-9-17-12(10-15)11-4-6-14-7-5-11/h4-7,12H,2-3,8-10H2,1H3. The fourth-order valence-corrected chi connectivity index (χ4v) is 2.03. The molecule has 1 saturated heterocycles. The molecule has 1 unspecified atom stereocenters. The van der Waals surface area contributed by atoms with Gasteiger partial charge in [-0.3, -0.25) is 9.78 Å². The monoisotopic (exact) mass is 234 g/mol. The molecular weight excluding hydrogens is 216 g/mol. The number of hydrogen-bond donors (Lipinski definition) is 0. The SMILES string of the molecule is CCCC(=O)N1CCOC(c2ccncc2)C1. The molecule has 0 aromatic carbocycles. The molecule has 0 saturated carbocycles. The largest absolute Gasteiger partial charge is 0.370 e. The molecule has 0 N–H and O–H groups in total. The Morgan fingerprint density at radius 1 is 1.53 bits per heavy atom. The van der Waals surface area contributed by atoms with Gasteiger partial charge in [0.05, 0.1) is 13.2 Å². The van der Waals surface area contributed by atoms with Gasteiger partial charge in [-0.25, -0.2) is 0 Å². The molecule has 1 amide bonds. The number of hydrogen-bond acceptors (Lipinski definition) is 3. The second kappa shape index (κ2) is 5.77. The number of aromatic nitrogens is 1. The predicted octanol–water partition coefficient (Wildman–Crippen LogP) is 1.78. The molecule has 4 nitrogen and oxygen atoms in total. The summed E-state index contributed by atoms with van der Waals surface area (Å²) in [7, 11) is 0. The lowest BCUT2D eigenvalue weighted by atomic mass is 10.1. The van der Waals surface area contributed by atoms with E-state index in [9.17, 15) is 4.79 Å². The number of nitrogens with zero attached hydrogens (tertiary/aromatic N) is 2. The fraction of sp³-hybridized carbons (Fsp3) is 0.538. The number of morpholine rings is 1. The van der Waals surface area contributed by atoms with Crippen molar-refractivity contribution in [3.05, 3.63) is 30.1 Å². The summed E-state index contributed by atoms with van der Waals surface area (Å²) in [6.07, 6.45) is 5.03. The summed E-state index contributed by atoms with van der Waals surface area (Å²) in [6, 6.07) is 3.89. The minimum atomic E-state index is -0.00689. The number of rotatable bonds is 3. The highest BCUT2D eigenvalue weighted by molar-refractivity contribution is 5.76. The van der Waals surface area contributed by atoms with Crippen LogP contribution in [-0.4, -0.2) is 35.5 Å². The first-order valence-corrected chi connectivity index (χ1v) is 6.10. The van der Waals surface area contributed by atoms with Crippen LogP contribution in [0.5, 0.6) is 0 Å².